The van der Waals surface area contributed by atoms with Gasteiger partial charge in [-0.05, 0) is 33.8 Å². The van der Waals surface area contributed by atoms with Crippen LogP contribution in [0, 0.1) is 0 Å². The first-order valence-corrected chi connectivity index (χ1v) is 6.15. The molecule has 17 heavy (non-hydrogen) atoms. The molecule has 0 spiro atoms. The van der Waals surface area contributed by atoms with Crippen LogP contribution < -0.4 is 5.32 Å². The number of ether oxygens (including phenoxy) is 1. The molecule has 0 aliphatic carbocycles. The smallest absolute Gasteiger partial charge is 0.130 e. The van der Waals surface area contributed by atoms with Crippen LogP contribution in [0.2, 0.25) is 0 Å². The highest BCUT2D eigenvalue weighted by molar-refractivity contribution is 5.03. The standard InChI is InChI=1S/C13H23N3O/c1-5-17-9-7-12-14-8-6-11(16-12)10-15-13(2,3)4/h6,8,15H,5,7,9-10H2,1-4H3. The Hall–Kier alpha value is -1.00. The largest absolute Gasteiger partial charge is 0.381 e. The first kappa shape index (κ1) is 14.1. The second-order valence-electron chi connectivity index (χ2n) is 5.01. The van der Waals surface area contributed by atoms with E-state index < -0.39 is 0 Å². The van der Waals surface area contributed by atoms with E-state index in [1.807, 2.05) is 19.2 Å². The Kier molecular flexibility index (Phi) is 5.51. The molecule has 0 atom stereocenters. The Bertz CT molecular complexity index is 334. The third kappa shape index (κ3) is 6.34. The molecule has 0 radical (unpaired) electrons. The third-order valence-corrected chi connectivity index (χ3v) is 2.24. The van der Waals surface area contributed by atoms with E-state index >= 15 is 0 Å². The van der Waals surface area contributed by atoms with Crippen molar-refractivity contribution in [2.45, 2.75) is 46.2 Å². The lowest BCUT2D eigenvalue weighted by Crippen LogP contribution is -2.35. The molecule has 4 heteroatoms. The van der Waals surface area contributed by atoms with Gasteiger partial charge in [-0.3, -0.25) is 0 Å². The SMILES string of the molecule is CCOCCc1nccc(CNC(C)(C)C)n1. The van der Waals surface area contributed by atoms with Gasteiger partial charge in [-0.1, -0.05) is 0 Å². The highest BCUT2D eigenvalue weighted by Crippen LogP contribution is 2.02. The summed E-state index contributed by atoms with van der Waals surface area (Å²) >= 11 is 0. The van der Waals surface area contributed by atoms with E-state index in [2.05, 4.69) is 36.1 Å². The zero-order valence-corrected chi connectivity index (χ0v) is 11.3. The molecule has 0 saturated heterocycles. The number of nitrogens with zero attached hydrogens (tertiary/aromatic N) is 2. The zero-order chi connectivity index (χ0) is 12.7. The fourth-order valence-electron chi connectivity index (χ4n) is 1.32. The topological polar surface area (TPSA) is 47.0 Å². The van der Waals surface area contributed by atoms with E-state index in [4.69, 9.17) is 4.74 Å². The Morgan fingerprint density at radius 3 is 2.76 bits per heavy atom. The highest BCUT2D eigenvalue weighted by Gasteiger charge is 2.09. The van der Waals surface area contributed by atoms with E-state index in [1.54, 1.807) is 0 Å². The average Bonchev–Trinajstić information content (AvgIpc) is 2.27. The lowest BCUT2D eigenvalue weighted by Gasteiger charge is -2.20. The van der Waals surface area contributed by atoms with Crippen molar-refractivity contribution in [1.82, 2.24) is 15.3 Å². The number of nitrogens with one attached hydrogen (secondary N) is 1. The Balaban J connectivity index is 2.48. The molecule has 1 aromatic rings. The van der Waals surface area contributed by atoms with Crippen LogP contribution in [0.4, 0.5) is 0 Å². The van der Waals surface area contributed by atoms with Gasteiger partial charge < -0.3 is 10.1 Å². The molecular formula is C13H23N3O. The van der Waals surface area contributed by atoms with Crippen LogP contribution >= 0.6 is 0 Å². The molecule has 0 bridgehead atoms. The van der Waals surface area contributed by atoms with Gasteiger partial charge >= 0.3 is 0 Å². The van der Waals surface area contributed by atoms with Crippen LogP contribution in [-0.2, 0) is 17.7 Å². The molecule has 1 N–H and O–H groups in total. The molecule has 0 saturated carbocycles. The monoisotopic (exact) mass is 237 g/mol. The van der Waals surface area contributed by atoms with Crippen LogP contribution in [-0.4, -0.2) is 28.7 Å². The third-order valence-electron chi connectivity index (χ3n) is 2.24. The van der Waals surface area contributed by atoms with Crippen molar-refractivity contribution in [3.63, 3.8) is 0 Å². The molecule has 1 aromatic heterocycles. The summed E-state index contributed by atoms with van der Waals surface area (Å²) in [4.78, 5) is 8.73. The summed E-state index contributed by atoms with van der Waals surface area (Å²) in [5.74, 6) is 0.853. The lowest BCUT2D eigenvalue weighted by molar-refractivity contribution is 0.149. The summed E-state index contributed by atoms with van der Waals surface area (Å²) < 4.78 is 5.30. The fraction of sp³-hybridized carbons (Fsp3) is 0.692. The van der Waals surface area contributed by atoms with E-state index in [0.717, 1.165) is 31.1 Å². The van der Waals surface area contributed by atoms with Gasteiger partial charge in [0.1, 0.15) is 5.82 Å². The van der Waals surface area contributed by atoms with Crippen LogP contribution in [0.25, 0.3) is 0 Å². The van der Waals surface area contributed by atoms with Crippen LogP contribution in [0.5, 0.6) is 0 Å². The van der Waals surface area contributed by atoms with Gasteiger partial charge in [0.2, 0.25) is 0 Å². The van der Waals surface area contributed by atoms with Crippen LogP contribution in [0.15, 0.2) is 12.3 Å². The van der Waals surface area contributed by atoms with E-state index in [-0.39, 0.29) is 5.54 Å². The summed E-state index contributed by atoms with van der Waals surface area (Å²) in [7, 11) is 0. The van der Waals surface area contributed by atoms with E-state index in [9.17, 15) is 0 Å². The first-order chi connectivity index (χ1) is 8.01. The zero-order valence-electron chi connectivity index (χ0n) is 11.3. The Morgan fingerprint density at radius 2 is 2.12 bits per heavy atom. The molecule has 96 valence electrons. The first-order valence-electron chi connectivity index (χ1n) is 6.15. The molecule has 0 aromatic carbocycles. The Labute approximate surface area is 104 Å². The molecule has 4 nitrogen and oxygen atoms in total. The van der Waals surface area contributed by atoms with Gasteiger partial charge in [-0.2, -0.15) is 0 Å². The van der Waals surface area contributed by atoms with E-state index in [1.165, 1.54) is 0 Å². The molecule has 0 fully saturated rings. The van der Waals surface area contributed by atoms with E-state index in [0.29, 0.717) is 6.61 Å². The van der Waals surface area contributed by atoms with Crippen molar-refractivity contribution in [3.05, 3.63) is 23.8 Å². The maximum Gasteiger partial charge on any atom is 0.130 e. The summed E-state index contributed by atoms with van der Waals surface area (Å²) in [5, 5.41) is 3.41. The number of hydrogen-bond donors (Lipinski definition) is 1. The van der Waals surface area contributed by atoms with Crippen molar-refractivity contribution in [1.29, 1.82) is 0 Å². The molecule has 1 rings (SSSR count). The molecule has 0 amide bonds. The van der Waals surface area contributed by atoms with Gasteiger partial charge in [0.25, 0.3) is 0 Å². The van der Waals surface area contributed by atoms with Gasteiger partial charge in [0.15, 0.2) is 0 Å². The predicted octanol–water partition coefficient (Wildman–Crippen LogP) is 1.94. The van der Waals surface area contributed by atoms with Crippen molar-refractivity contribution in [3.8, 4) is 0 Å². The summed E-state index contributed by atoms with van der Waals surface area (Å²) in [5.41, 5.74) is 1.14. The maximum absolute atomic E-state index is 5.30. The lowest BCUT2D eigenvalue weighted by atomic mass is 10.1. The van der Waals surface area contributed by atoms with Crippen LogP contribution in [0.1, 0.15) is 39.2 Å². The molecule has 0 unspecified atom stereocenters. The minimum Gasteiger partial charge on any atom is -0.381 e. The summed E-state index contributed by atoms with van der Waals surface area (Å²) in [6.07, 6.45) is 2.59. The van der Waals surface area contributed by atoms with Gasteiger partial charge in [0, 0.05) is 31.3 Å². The second-order valence-corrected chi connectivity index (χ2v) is 5.01. The second kappa shape index (κ2) is 6.67. The predicted molar refractivity (Wildman–Crippen MR) is 68.8 cm³/mol. The van der Waals surface area contributed by atoms with Crippen molar-refractivity contribution >= 4 is 0 Å². The minimum atomic E-state index is 0.108. The summed E-state index contributed by atoms with van der Waals surface area (Å²) in [6, 6.07) is 1.95. The van der Waals surface area contributed by atoms with Crippen molar-refractivity contribution < 1.29 is 4.74 Å². The molecular weight excluding hydrogens is 214 g/mol. The number of rotatable bonds is 6. The quantitative estimate of drug-likeness (QED) is 0.768. The van der Waals surface area contributed by atoms with Gasteiger partial charge in [-0.15, -0.1) is 0 Å². The minimum absolute atomic E-state index is 0.108. The summed E-state index contributed by atoms with van der Waals surface area (Å²) in [6.45, 7) is 10.6. The number of hydrogen-bond acceptors (Lipinski definition) is 4. The van der Waals surface area contributed by atoms with Crippen molar-refractivity contribution in [2.24, 2.45) is 0 Å². The maximum atomic E-state index is 5.30. The highest BCUT2D eigenvalue weighted by atomic mass is 16.5. The fourth-order valence-corrected chi connectivity index (χ4v) is 1.32. The molecule has 0 aliphatic rings. The average molecular weight is 237 g/mol. The van der Waals surface area contributed by atoms with Crippen LogP contribution in [0.3, 0.4) is 0 Å². The molecule has 1 heterocycles. The normalized spacial score (nSPS) is 11.8. The Morgan fingerprint density at radius 1 is 1.35 bits per heavy atom. The molecule has 0 aliphatic heterocycles. The van der Waals surface area contributed by atoms with Gasteiger partial charge in [-0.25, -0.2) is 9.97 Å². The van der Waals surface area contributed by atoms with Gasteiger partial charge in [0.05, 0.1) is 12.3 Å². The number of aromatic nitrogens is 2. The van der Waals surface area contributed by atoms with Crippen molar-refractivity contribution in [2.75, 3.05) is 13.2 Å².